The molecule has 0 unspecified atom stereocenters. The lowest BCUT2D eigenvalue weighted by Gasteiger charge is -2.14. The van der Waals surface area contributed by atoms with Gasteiger partial charge in [0.05, 0.1) is 28.5 Å². The summed E-state index contributed by atoms with van der Waals surface area (Å²) in [7, 11) is 0. The molecule has 1 heterocycles. The van der Waals surface area contributed by atoms with Gasteiger partial charge < -0.3 is 14.0 Å². The lowest BCUT2D eigenvalue weighted by molar-refractivity contribution is -0.384. The number of nitro benzene ring substituents is 1. The van der Waals surface area contributed by atoms with E-state index in [4.69, 9.17) is 21.1 Å². The third kappa shape index (κ3) is 6.96. The highest BCUT2D eigenvalue weighted by atomic mass is 35.5. The first kappa shape index (κ1) is 30.1. The van der Waals surface area contributed by atoms with Crippen LogP contribution in [0.15, 0.2) is 108 Å². The molecule has 1 aromatic heterocycles. The van der Waals surface area contributed by atoms with Crippen LogP contribution in [0.2, 0.25) is 5.02 Å². The largest absolute Gasteiger partial charge is 0.490 e. The zero-order valence-corrected chi connectivity index (χ0v) is 24.8. The minimum Gasteiger partial charge on any atom is -0.490 e. The predicted molar refractivity (Wildman–Crippen MR) is 171 cm³/mol. The molecule has 0 aliphatic heterocycles. The van der Waals surface area contributed by atoms with Gasteiger partial charge >= 0.3 is 0 Å². The van der Waals surface area contributed by atoms with Crippen molar-refractivity contribution < 1.29 is 19.2 Å². The van der Waals surface area contributed by atoms with Crippen LogP contribution in [0, 0.1) is 17.0 Å². The van der Waals surface area contributed by atoms with Crippen LogP contribution in [0.5, 0.6) is 11.5 Å². The number of hydrogen-bond donors (Lipinski definition) is 1. The van der Waals surface area contributed by atoms with Crippen LogP contribution in [0.25, 0.3) is 16.9 Å². The third-order valence-electron chi connectivity index (χ3n) is 6.75. The fourth-order valence-electron chi connectivity index (χ4n) is 4.69. The van der Waals surface area contributed by atoms with Crippen LogP contribution in [0.1, 0.15) is 34.1 Å². The van der Waals surface area contributed by atoms with Gasteiger partial charge in [-0.05, 0) is 79.1 Å². The molecule has 0 radical (unpaired) electrons. The van der Waals surface area contributed by atoms with Crippen molar-refractivity contribution in [3.63, 3.8) is 0 Å². The Balaban J connectivity index is 1.26. The van der Waals surface area contributed by atoms with Crippen molar-refractivity contribution in [2.75, 3.05) is 6.61 Å². The summed E-state index contributed by atoms with van der Waals surface area (Å²) in [6.07, 6.45) is 1.46. The first-order valence-electron chi connectivity index (χ1n) is 13.8. The summed E-state index contributed by atoms with van der Waals surface area (Å²) in [6.45, 7) is 4.28. The first-order chi connectivity index (χ1) is 21.3. The van der Waals surface area contributed by atoms with E-state index in [-0.39, 0.29) is 23.2 Å². The Bertz CT molecular complexity index is 1820. The maximum absolute atomic E-state index is 12.8. The quantitative estimate of drug-likeness (QED) is 0.0936. The van der Waals surface area contributed by atoms with E-state index in [0.29, 0.717) is 34.8 Å². The Labute approximate surface area is 259 Å². The first-order valence-corrected chi connectivity index (χ1v) is 14.2. The average molecular weight is 609 g/mol. The van der Waals surface area contributed by atoms with E-state index in [1.165, 1.54) is 18.3 Å². The van der Waals surface area contributed by atoms with Gasteiger partial charge in [-0.25, -0.2) is 5.43 Å². The number of nitrogens with zero attached hydrogens (tertiary/aromatic N) is 3. The number of ether oxygens (including phenoxy) is 2. The Morgan fingerprint density at radius 3 is 2.48 bits per heavy atom. The predicted octanol–water partition coefficient (Wildman–Crippen LogP) is 7.76. The lowest BCUT2D eigenvalue weighted by Crippen LogP contribution is -2.17. The van der Waals surface area contributed by atoms with Crippen molar-refractivity contribution in [2.45, 2.75) is 20.5 Å². The van der Waals surface area contributed by atoms with Gasteiger partial charge in [0, 0.05) is 29.1 Å². The number of non-ortho nitro benzene ring substituents is 1. The summed E-state index contributed by atoms with van der Waals surface area (Å²) in [5.74, 6) is 0.312. The zero-order chi connectivity index (χ0) is 31.1. The maximum atomic E-state index is 12.8. The topological polar surface area (TPSA) is 108 Å². The second-order valence-electron chi connectivity index (χ2n) is 9.79. The van der Waals surface area contributed by atoms with Crippen molar-refractivity contribution in [3.8, 4) is 28.4 Å². The summed E-state index contributed by atoms with van der Waals surface area (Å²) >= 11 is 6.51. The van der Waals surface area contributed by atoms with Crippen LogP contribution in [-0.2, 0) is 6.61 Å². The van der Waals surface area contributed by atoms with Gasteiger partial charge in [0.1, 0.15) is 6.61 Å². The molecule has 5 aromatic rings. The third-order valence-corrected chi connectivity index (χ3v) is 7.03. The summed E-state index contributed by atoms with van der Waals surface area (Å²) in [5.41, 5.74) is 8.35. The maximum Gasteiger partial charge on any atom is 0.271 e. The lowest BCUT2D eigenvalue weighted by atomic mass is 10.1. The zero-order valence-electron chi connectivity index (χ0n) is 24.1. The Hall–Kier alpha value is -5.41. The van der Waals surface area contributed by atoms with Crippen LogP contribution in [0.3, 0.4) is 0 Å². The van der Waals surface area contributed by atoms with E-state index in [1.807, 2.05) is 44.2 Å². The van der Waals surface area contributed by atoms with E-state index in [0.717, 1.165) is 22.6 Å². The van der Waals surface area contributed by atoms with Crippen molar-refractivity contribution in [2.24, 2.45) is 5.10 Å². The van der Waals surface area contributed by atoms with Crippen molar-refractivity contribution in [1.82, 2.24) is 9.99 Å². The SMILES string of the molecule is CCOc1cc(/C=N/NC(=O)c2ccc(-n3c(C)ccc3-c3ccccc3)cc2)cc(Cl)c1OCc1cccc([N+](=O)[O-])c1. The van der Waals surface area contributed by atoms with Gasteiger partial charge in [-0.3, -0.25) is 14.9 Å². The number of halogens is 1. The molecule has 222 valence electrons. The Morgan fingerprint density at radius 2 is 1.75 bits per heavy atom. The van der Waals surface area contributed by atoms with E-state index < -0.39 is 4.92 Å². The van der Waals surface area contributed by atoms with Crippen LogP contribution in [0.4, 0.5) is 5.69 Å². The Morgan fingerprint density at radius 1 is 0.977 bits per heavy atom. The Kier molecular flexibility index (Phi) is 9.37. The van der Waals surface area contributed by atoms with E-state index in [2.05, 4.69) is 39.4 Å². The molecular formula is C34H29ClN4O5. The molecule has 0 saturated carbocycles. The number of hydrazone groups is 1. The molecular weight excluding hydrogens is 580 g/mol. The molecule has 0 aliphatic rings. The number of aromatic nitrogens is 1. The monoisotopic (exact) mass is 608 g/mol. The number of hydrogen-bond acceptors (Lipinski definition) is 6. The molecule has 10 heteroatoms. The standard InChI is InChI=1S/C34H29ClN4O5/c1-3-43-32-20-25(19-30(35)33(32)44-22-24-8-7-11-29(18-24)39(41)42)21-36-37-34(40)27-13-15-28(16-14-27)38-23(2)12-17-31(38)26-9-5-4-6-10-26/h4-21H,3,22H2,1-2H3,(H,37,40)/b36-21+. The van der Waals surface area contributed by atoms with Crippen LogP contribution in [-0.4, -0.2) is 28.2 Å². The van der Waals surface area contributed by atoms with Gasteiger partial charge in [-0.2, -0.15) is 5.10 Å². The molecule has 0 bridgehead atoms. The summed E-state index contributed by atoms with van der Waals surface area (Å²) in [5, 5.41) is 15.4. The van der Waals surface area contributed by atoms with Gasteiger partial charge in [0.15, 0.2) is 11.5 Å². The summed E-state index contributed by atoms with van der Waals surface area (Å²) < 4.78 is 13.7. The minimum absolute atomic E-state index is 0.0278. The highest BCUT2D eigenvalue weighted by molar-refractivity contribution is 6.32. The summed E-state index contributed by atoms with van der Waals surface area (Å²) in [6, 6.07) is 31.1. The van der Waals surface area contributed by atoms with E-state index >= 15 is 0 Å². The van der Waals surface area contributed by atoms with Crippen molar-refractivity contribution in [1.29, 1.82) is 0 Å². The second kappa shape index (κ2) is 13.7. The number of carbonyl (C=O) groups excluding carboxylic acids is 1. The van der Waals surface area contributed by atoms with Crippen LogP contribution >= 0.6 is 11.6 Å². The van der Waals surface area contributed by atoms with Crippen molar-refractivity contribution >= 4 is 29.4 Å². The molecule has 0 aliphatic carbocycles. The highest BCUT2D eigenvalue weighted by Gasteiger charge is 2.15. The molecule has 5 rings (SSSR count). The van der Waals surface area contributed by atoms with Gasteiger partial charge in [0.2, 0.25) is 0 Å². The van der Waals surface area contributed by atoms with Gasteiger partial charge in [0.25, 0.3) is 11.6 Å². The van der Waals surface area contributed by atoms with E-state index in [1.54, 1.807) is 36.4 Å². The number of nitrogens with one attached hydrogen (secondary N) is 1. The number of amides is 1. The fraction of sp³-hybridized carbons (Fsp3) is 0.118. The molecule has 1 amide bonds. The van der Waals surface area contributed by atoms with Gasteiger partial charge in [-0.15, -0.1) is 0 Å². The van der Waals surface area contributed by atoms with Gasteiger partial charge in [-0.1, -0.05) is 54.1 Å². The number of benzene rings is 4. The average Bonchev–Trinajstić information content (AvgIpc) is 3.42. The summed E-state index contributed by atoms with van der Waals surface area (Å²) in [4.78, 5) is 23.4. The normalized spacial score (nSPS) is 11.0. The van der Waals surface area contributed by atoms with E-state index in [9.17, 15) is 14.9 Å². The second-order valence-corrected chi connectivity index (χ2v) is 10.2. The smallest absolute Gasteiger partial charge is 0.271 e. The highest BCUT2D eigenvalue weighted by Crippen LogP contribution is 2.37. The fourth-order valence-corrected chi connectivity index (χ4v) is 4.96. The molecule has 4 aromatic carbocycles. The molecule has 44 heavy (non-hydrogen) atoms. The number of carbonyl (C=O) groups is 1. The number of nitro groups is 1. The minimum atomic E-state index is -0.462. The molecule has 0 saturated heterocycles. The molecule has 1 N–H and O–H groups in total. The molecule has 0 fully saturated rings. The number of aryl methyl sites for hydroxylation is 1. The van der Waals surface area contributed by atoms with Crippen molar-refractivity contribution in [3.05, 3.63) is 141 Å². The molecule has 9 nitrogen and oxygen atoms in total. The molecule has 0 atom stereocenters. The number of rotatable bonds is 11. The van der Waals surface area contributed by atoms with Crippen LogP contribution < -0.4 is 14.9 Å². The molecule has 0 spiro atoms.